The van der Waals surface area contributed by atoms with Crippen LogP contribution < -0.4 is 24.4 Å². The normalized spacial score (nSPS) is 15.0. The number of nitrogens with zero attached hydrogens (tertiary/aromatic N) is 2. The van der Waals surface area contributed by atoms with Gasteiger partial charge in [-0.2, -0.15) is 0 Å². The van der Waals surface area contributed by atoms with Crippen molar-refractivity contribution in [2.75, 3.05) is 13.7 Å². The Morgan fingerprint density at radius 2 is 1.78 bits per heavy atom. The summed E-state index contributed by atoms with van der Waals surface area (Å²) in [5.41, 5.74) is 2.69. The van der Waals surface area contributed by atoms with E-state index in [0.29, 0.717) is 42.7 Å². The summed E-state index contributed by atoms with van der Waals surface area (Å²) in [5, 5.41) is 0.371. The van der Waals surface area contributed by atoms with Crippen LogP contribution in [0.2, 0.25) is 5.02 Å². The number of methoxy groups -OCH3 is 1. The van der Waals surface area contributed by atoms with Crippen LogP contribution in [0, 0.1) is 0 Å². The maximum atomic E-state index is 14.0. The molecule has 7 nitrogen and oxygen atoms in total. The SMILES string of the molecule is CCOC(=O)C1=C(c2ccccc2)N=c2s/c(=C\c3cc(Cl)c(OC(C)C)c(OC)c3)c(=O)n2[C@@H]1c1ccccc1. The minimum Gasteiger partial charge on any atom is -0.493 e. The molecule has 4 aromatic rings. The predicted octanol–water partition coefficient (Wildman–Crippen LogP) is 5.38. The fourth-order valence-electron chi connectivity index (χ4n) is 4.72. The van der Waals surface area contributed by atoms with E-state index in [-0.39, 0.29) is 18.3 Å². The number of rotatable bonds is 8. The molecule has 1 aliphatic heterocycles. The van der Waals surface area contributed by atoms with E-state index in [1.54, 1.807) is 36.8 Å². The fraction of sp³-hybridized carbons (Fsp3) is 0.219. The van der Waals surface area contributed by atoms with Crippen molar-refractivity contribution in [1.82, 2.24) is 4.57 Å². The van der Waals surface area contributed by atoms with E-state index < -0.39 is 12.0 Å². The molecule has 1 aromatic heterocycles. The second kappa shape index (κ2) is 12.2. The van der Waals surface area contributed by atoms with Gasteiger partial charge in [0, 0.05) is 5.56 Å². The lowest BCUT2D eigenvalue weighted by atomic mass is 9.93. The summed E-state index contributed by atoms with van der Waals surface area (Å²) in [6.07, 6.45) is 1.65. The fourth-order valence-corrected chi connectivity index (χ4v) is 5.98. The number of benzene rings is 3. The number of esters is 1. The summed E-state index contributed by atoms with van der Waals surface area (Å²) in [6.45, 7) is 5.75. The van der Waals surface area contributed by atoms with E-state index in [1.165, 1.54) is 11.3 Å². The molecule has 0 amide bonds. The average molecular weight is 589 g/mol. The molecule has 3 aromatic carbocycles. The molecule has 0 N–H and O–H groups in total. The van der Waals surface area contributed by atoms with Crippen LogP contribution in [0.25, 0.3) is 11.8 Å². The molecular formula is C32H29ClN2O5S. The van der Waals surface area contributed by atoms with Gasteiger partial charge in [0.15, 0.2) is 16.3 Å². The molecule has 9 heteroatoms. The highest BCUT2D eigenvalue weighted by molar-refractivity contribution is 7.07. The quantitative estimate of drug-likeness (QED) is 0.258. The van der Waals surface area contributed by atoms with Crippen molar-refractivity contribution in [1.29, 1.82) is 0 Å². The molecule has 210 valence electrons. The second-order valence-electron chi connectivity index (χ2n) is 9.54. The summed E-state index contributed by atoms with van der Waals surface area (Å²) in [6, 6.07) is 21.7. The molecule has 0 spiro atoms. The van der Waals surface area contributed by atoms with Crippen molar-refractivity contribution in [2.24, 2.45) is 4.99 Å². The third-order valence-electron chi connectivity index (χ3n) is 6.39. The third kappa shape index (κ3) is 5.71. The van der Waals surface area contributed by atoms with Crippen LogP contribution in [0.15, 0.2) is 88.2 Å². The van der Waals surface area contributed by atoms with E-state index in [2.05, 4.69) is 0 Å². The zero-order valence-corrected chi connectivity index (χ0v) is 24.7. The van der Waals surface area contributed by atoms with Gasteiger partial charge in [0.2, 0.25) is 0 Å². The van der Waals surface area contributed by atoms with E-state index in [0.717, 1.165) is 11.1 Å². The van der Waals surface area contributed by atoms with Crippen LogP contribution in [0.3, 0.4) is 0 Å². The van der Waals surface area contributed by atoms with Gasteiger partial charge in [-0.1, -0.05) is 83.6 Å². The summed E-state index contributed by atoms with van der Waals surface area (Å²) < 4.78 is 18.9. The van der Waals surface area contributed by atoms with E-state index in [4.69, 9.17) is 30.8 Å². The smallest absolute Gasteiger partial charge is 0.338 e. The molecule has 41 heavy (non-hydrogen) atoms. The maximum Gasteiger partial charge on any atom is 0.338 e. The monoisotopic (exact) mass is 588 g/mol. The number of thiazole rings is 1. The Hall–Kier alpha value is -4.14. The predicted molar refractivity (Wildman–Crippen MR) is 161 cm³/mol. The van der Waals surface area contributed by atoms with Gasteiger partial charge in [0.05, 0.1) is 46.7 Å². The Bertz CT molecular complexity index is 1790. The van der Waals surface area contributed by atoms with Crippen molar-refractivity contribution in [3.05, 3.63) is 120 Å². The van der Waals surface area contributed by atoms with Gasteiger partial charge in [-0.15, -0.1) is 0 Å². The number of hydrogen-bond acceptors (Lipinski definition) is 7. The highest BCUT2D eigenvalue weighted by Crippen LogP contribution is 2.38. The molecule has 2 heterocycles. The lowest BCUT2D eigenvalue weighted by molar-refractivity contribution is -0.138. The van der Waals surface area contributed by atoms with Gasteiger partial charge in [0.25, 0.3) is 5.56 Å². The van der Waals surface area contributed by atoms with Crippen molar-refractivity contribution in [3.8, 4) is 11.5 Å². The Morgan fingerprint density at radius 1 is 1.10 bits per heavy atom. The first-order valence-corrected chi connectivity index (χ1v) is 14.4. The van der Waals surface area contributed by atoms with Crippen LogP contribution in [-0.2, 0) is 9.53 Å². The van der Waals surface area contributed by atoms with Crippen molar-refractivity contribution < 1.29 is 19.0 Å². The Kier molecular flexibility index (Phi) is 8.42. The number of aromatic nitrogens is 1. The van der Waals surface area contributed by atoms with Crippen molar-refractivity contribution in [2.45, 2.75) is 32.9 Å². The topological polar surface area (TPSA) is 79.1 Å². The number of ether oxygens (including phenoxy) is 3. The molecular weight excluding hydrogens is 560 g/mol. The molecule has 0 bridgehead atoms. The van der Waals surface area contributed by atoms with Crippen LogP contribution >= 0.6 is 22.9 Å². The number of fused-ring (bicyclic) bond motifs is 1. The third-order valence-corrected chi connectivity index (χ3v) is 7.66. The molecule has 1 aliphatic rings. The highest BCUT2D eigenvalue weighted by atomic mass is 35.5. The summed E-state index contributed by atoms with van der Waals surface area (Å²) in [5.74, 6) is 0.386. The number of carbonyl (C=O) groups excluding carboxylic acids is 1. The van der Waals surface area contributed by atoms with Gasteiger partial charge in [-0.25, -0.2) is 9.79 Å². The molecule has 0 unspecified atom stereocenters. The minimum absolute atomic E-state index is 0.0960. The zero-order chi connectivity index (χ0) is 29.1. The van der Waals surface area contributed by atoms with Gasteiger partial charge in [0.1, 0.15) is 0 Å². The van der Waals surface area contributed by atoms with Crippen LogP contribution in [0.5, 0.6) is 11.5 Å². The van der Waals surface area contributed by atoms with Gasteiger partial charge < -0.3 is 14.2 Å². The van der Waals surface area contributed by atoms with E-state index in [1.807, 2.05) is 74.5 Å². The molecule has 1 atom stereocenters. The highest BCUT2D eigenvalue weighted by Gasteiger charge is 2.35. The standard InChI is InChI=1S/C32H29ClN2O5S/c1-5-39-31(37)26-27(21-12-8-6-9-13-21)34-32-35(28(26)22-14-10-7-11-15-22)30(36)25(41-32)18-20-16-23(33)29(40-19(2)3)24(17-20)38-4/h6-19,28H,5H2,1-4H3/b25-18-/t28-/m1/s1. The van der Waals surface area contributed by atoms with Gasteiger partial charge >= 0.3 is 5.97 Å². The van der Waals surface area contributed by atoms with Gasteiger partial charge in [-0.05, 0) is 50.1 Å². The molecule has 0 radical (unpaired) electrons. The minimum atomic E-state index is -0.733. The summed E-state index contributed by atoms with van der Waals surface area (Å²) in [4.78, 5) is 32.9. The Morgan fingerprint density at radius 3 is 2.41 bits per heavy atom. The zero-order valence-electron chi connectivity index (χ0n) is 23.1. The molecule has 0 saturated carbocycles. The largest absolute Gasteiger partial charge is 0.493 e. The maximum absolute atomic E-state index is 14.0. The van der Waals surface area contributed by atoms with Crippen LogP contribution in [0.1, 0.15) is 43.5 Å². The van der Waals surface area contributed by atoms with Crippen LogP contribution in [-0.4, -0.2) is 30.4 Å². The average Bonchev–Trinajstić information content (AvgIpc) is 3.28. The molecule has 0 fully saturated rings. The molecule has 0 saturated heterocycles. The molecule has 5 rings (SSSR count). The first kappa shape index (κ1) is 28.4. The summed E-state index contributed by atoms with van der Waals surface area (Å²) >= 11 is 7.80. The first-order chi connectivity index (χ1) is 19.8. The number of carbonyl (C=O) groups is 1. The summed E-state index contributed by atoms with van der Waals surface area (Å²) in [7, 11) is 1.54. The molecule has 0 aliphatic carbocycles. The lowest BCUT2D eigenvalue weighted by Crippen LogP contribution is -2.39. The Balaban J connectivity index is 1.76. The number of hydrogen-bond donors (Lipinski definition) is 0. The van der Waals surface area contributed by atoms with Gasteiger partial charge in [-0.3, -0.25) is 9.36 Å². The van der Waals surface area contributed by atoms with Crippen molar-refractivity contribution >= 4 is 40.7 Å². The van der Waals surface area contributed by atoms with E-state index in [9.17, 15) is 9.59 Å². The van der Waals surface area contributed by atoms with Crippen LogP contribution in [0.4, 0.5) is 0 Å². The second-order valence-corrected chi connectivity index (χ2v) is 11.0. The number of halogens is 1. The first-order valence-electron chi connectivity index (χ1n) is 13.2. The van der Waals surface area contributed by atoms with Crippen molar-refractivity contribution in [3.63, 3.8) is 0 Å². The lowest BCUT2D eigenvalue weighted by Gasteiger charge is -2.25. The Labute approximate surface area is 246 Å². The van der Waals surface area contributed by atoms with E-state index >= 15 is 0 Å².